The SMILES string of the molecule is CC(C)NC(=O)[C@@]1(O)CC[C@H]2[C@@H]3CCC4=CC(=O)C=C[C@]4(C)[C@H]3C(=O)C[C@@]21C. The summed E-state index contributed by atoms with van der Waals surface area (Å²) in [6.45, 7) is 7.77. The Bertz CT molecular complexity index is 811. The maximum absolute atomic E-state index is 13.5. The van der Waals surface area contributed by atoms with Crippen LogP contribution in [0.15, 0.2) is 23.8 Å². The molecular formula is C23H31NO4. The van der Waals surface area contributed by atoms with Gasteiger partial charge < -0.3 is 10.4 Å². The summed E-state index contributed by atoms with van der Waals surface area (Å²) in [5.41, 5.74) is -1.60. The van der Waals surface area contributed by atoms with E-state index in [9.17, 15) is 19.5 Å². The summed E-state index contributed by atoms with van der Waals surface area (Å²) < 4.78 is 0. The van der Waals surface area contributed by atoms with Crippen molar-refractivity contribution in [3.63, 3.8) is 0 Å². The number of hydrogen-bond acceptors (Lipinski definition) is 4. The van der Waals surface area contributed by atoms with Gasteiger partial charge in [-0.15, -0.1) is 0 Å². The van der Waals surface area contributed by atoms with E-state index in [1.54, 1.807) is 12.2 Å². The predicted molar refractivity (Wildman–Crippen MR) is 105 cm³/mol. The highest BCUT2D eigenvalue weighted by Crippen LogP contribution is 2.65. The molecule has 4 aliphatic rings. The van der Waals surface area contributed by atoms with Gasteiger partial charge in [0.25, 0.3) is 5.91 Å². The second kappa shape index (κ2) is 6.12. The molecule has 0 saturated heterocycles. The van der Waals surface area contributed by atoms with Crippen molar-refractivity contribution in [2.24, 2.45) is 28.6 Å². The second-order valence-electron chi connectivity index (χ2n) is 10.1. The first-order valence-corrected chi connectivity index (χ1v) is 10.5. The van der Waals surface area contributed by atoms with Gasteiger partial charge in [-0.3, -0.25) is 14.4 Å². The van der Waals surface area contributed by atoms with Gasteiger partial charge in [0.05, 0.1) is 0 Å². The molecule has 0 radical (unpaired) electrons. The van der Waals surface area contributed by atoms with Crippen molar-refractivity contribution in [1.82, 2.24) is 5.32 Å². The molecular weight excluding hydrogens is 354 g/mol. The van der Waals surface area contributed by atoms with Gasteiger partial charge in [0.1, 0.15) is 11.4 Å². The van der Waals surface area contributed by atoms with Crippen LogP contribution in [0.2, 0.25) is 0 Å². The van der Waals surface area contributed by atoms with Crippen LogP contribution in [0.1, 0.15) is 59.8 Å². The molecule has 5 nitrogen and oxygen atoms in total. The number of carbonyl (C=O) groups is 3. The lowest BCUT2D eigenvalue weighted by atomic mass is 9.47. The van der Waals surface area contributed by atoms with Crippen LogP contribution in [0.3, 0.4) is 0 Å². The van der Waals surface area contributed by atoms with Gasteiger partial charge >= 0.3 is 0 Å². The zero-order chi connectivity index (χ0) is 20.5. The zero-order valence-corrected chi connectivity index (χ0v) is 17.2. The minimum Gasteiger partial charge on any atom is -0.379 e. The molecule has 0 heterocycles. The third-order valence-corrected chi connectivity index (χ3v) is 8.20. The van der Waals surface area contributed by atoms with Crippen molar-refractivity contribution in [3.05, 3.63) is 23.8 Å². The molecule has 6 atom stereocenters. The minimum atomic E-state index is -1.50. The molecule has 0 aromatic rings. The van der Waals surface area contributed by atoms with Crippen molar-refractivity contribution in [2.75, 3.05) is 0 Å². The summed E-state index contributed by atoms with van der Waals surface area (Å²) in [5.74, 6) is -0.141. The van der Waals surface area contributed by atoms with Crippen molar-refractivity contribution in [2.45, 2.75) is 71.4 Å². The van der Waals surface area contributed by atoms with E-state index in [-0.39, 0.29) is 47.7 Å². The Hall–Kier alpha value is -1.75. The molecule has 0 spiro atoms. The Balaban J connectivity index is 1.71. The number of carbonyl (C=O) groups excluding carboxylic acids is 3. The lowest BCUT2D eigenvalue weighted by molar-refractivity contribution is -0.168. The van der Waals surface area contributed by atoms with Crippen molar-refractivity contribution in [1.29, 1.82) is 0 Å². The van der Waals surface area contributed by atoms with Crippen LogP contribution in [0.4, 0.5) is 0 Å². The molecule has 2 N–H and O–H groups in total. The first kappa shape index (κ1) is 19.6. The largest absolute Gasteiger partial charge is 0.379 e. The van der Waals surface area contributed by atoms with E-state index in [0.717, 1.165) is 24.8 Å². The second-order valence-corrected chi connectivity index (χ2v) is 10.1. The Kier molecular flexibility index (Phi) is 4.28. The number of fused-ring (bicyclic) bond motifs is 5. The summed E-state index contributed by atoms with van der Waals surface area (Å²) in [6.07, 6.45) is 8.22. The standard InChI is InChI=1S/C23H31NO4/c1-13(2)24-20(27)23(28)10-8-17-16-6-5-14-11-15(25)7-9-21(14,3)19(16)18(26)12-22(17,23)4/h7,9,11,13,16-17,19,28H,5-6,8,10,12H2,1-4H3,(H,24,27)/t16-,17-,19+,21-,22-,23-/m0/s1. The number of aliphatic hydroxyl groups is 1. The highest BCUT2D eigenvalue weighted by molar-refractivity contribution is 6.02. The summed E-state index contributed by atoms with van der Waals surface area (Å²) in [5, 5.41) is 14.3. The van der Waals surface area contributed by atoms with Gasteiger partial charge in [-0.1, -0.05) is 25.5 Å². The molecule has 3 saturated carbocycles. The minimum absolute atomic E-state index is 0.000352. The van der Waals surface area contributed by atoms with E-state index in [4.69, 9.17) is 0 Å². The Morgan fingerprint density at radius 1 is 1.25 bits per heavy atom. The van der Waals surface area contributed by atoms with Crippen LogP contribution < -0.4 is 5.32 Å². The molecule has 3 fully saturated rings. The number of ketones is 2. The fourth-order valence-corrected chi connectivity index (χ4v) is 6.79. The molecule has 0 unspecified atom stereocenters. The lowest BCUT2D eigenvalue weighted by Gasteiger charge is -2.56. The van der Waals surface area contributed by atoms with E-state index >= 15 is 0 Å². The van der Waals surface area contributed by atoms with Crippen molar-refractivity contribution in [3.8, 4) is 0 Å². The number of hydrogen-bond donors (Lipinski definition) is 2. The van der Waals surface area contributed by atoms with Crippen LogP contribution in [-0.2, 0) is 14.4 Å². The number of nitrogens with one attached hydrogen (secondary N) is 1. The van der Waals surface area contributed by atoms with Gasteiger partial charge in [0.2, 0.25) is 0 Å². The topological polar surface area (TPSA) is 83.5 Å². The Labute approximate surface area is 166 Å². The van der Waals surface area contributed by atoms with E-state index in [0.29, 0.717) is 6.42 Å². The lowest BCUT2D eigenvalue weighted by Crippen LogP contribution is -2.62. The Morgan fingerprint density at radius 3 is 2.64 bits per heavy atom. The molecule has 0 aromatic carbocycles. The first-order chi connectivity index (χ1) is 13.0. The summed E-state index contributed by atoms with van der Waals surface area (Å²) in [6, 6.07) is -0.0579. The maximum atomic E-state index is 13.5. The van der Waals surface area contributed by atoms with Crippen LogP contribution in [0, 0.1) is 28.6 Å². The fourth-order valence-electron chi connectivity index (χ4n) is 6.79. The number of amides is 1. The highest BCUT2D eigenvalue weighted by Gasteiger charge is 2.68. The Morgan fingerprint density at radius 2 is 1.96 bits per heavy atom. The molecule has 152 valence electrons. The van der Waals surface area contributed by atoms with E-state index in [1.807, 2.05) is 26.8 Å². The molecule has 5 heteroatoms. The van der Waals surface area contributed by atoms with E-state index < -0.39 is 16.4 Å². The van der Waals surface area contributed by atoms with Gasteiger partial charge in [0, 0.05) is 29.2 Å². The fraction of sp³-hybridized carbons (Fsp3) is 0.696. The molecule has 0 aromatic heterocycles. The summed E-state index contributed by atoms with van der Waals surface area (Å²) in [7, 11) is 0. The smallest absolute Gasteiger partial charge is 0.252 e. The molecule has 1 amide bonds. The average Bonchev–Trinajstić information content (AvgIpc) is 2.87. The van der Waals surface area contributed by atoms with E-state index in [1.165, 1.54) is 0 Å². The van der Waals surface area contributed by atoms with Gasteiger partial charge in [0.15, 0.2) is 5.78 Å². The highest BCUT2D eigenvalue weighted by atomic mass is 16.3. The number of rotatable bonds is 2. The maximum Gasteiger partial charge on any atom is 0.252 e. The van der Waals surface area contributed by atoms with Gasteiger partial charge in [-0.25, -0.2) is 0 Å². The molecule has 4 rings (SSSR count). The van der Waals surface area contributed by atoms with Crippen LogP contribution in [-0.4, -0.2) is 34.2 Å². The first-order valence-electron chi connectivity index (χ1n) is 10.5. The number of Topliss-reactive ketones (excluding diaryl/α,β-unsaturated/α-hetero) is 1. The van der Waals surface area contributed by atoms with Crippen molar-refractivity contribution < 1.29 is 19.5 Å². The monoisotopic (exact) mass is 385 g/mol. The molecule has 0 aliphatic heterocycles. The molecule has 0 bridgehead atoms. The van der Waals surface area contributed by atoms with Gasteiger partial charge in [-0.05, 0) is 63.5 Å². The average molecular weight is 386 g/mol. The number of allylic oxidation sites excluding steroid dienone is 4. The summed E-state index contributed by atoms with van der Waals surface area (Å²) in [4.78, 5) is 38.2. The van der Waals surface area contributed by atoms with Crippen molar-refractivity contribution >= 4 is 17.5 Å². The van der Waals surface area contributed by atoms with Crippen LogP contribution >= 0.6 is 0 Å². The quantitative estimate of drug-likeness (QED) is 0.766. The van der Waals surface area contributed by atoms with E-state index in [2.05, 4.69) is 12.2 Å². The molecule has 4 aliphatic carbocycles. The van der Waals surface area contributed by atoms with Gasteiger partial charge in [-0.2, -0.15) is 0 Å². The van der Waals surface area contributed by atoms with Crippen LogP contribution in [0.5, 0.6) is 0 Å². The zero-order valence-electron chi connectivity index (χ0n) is 17.2. The van der Waals surface area contributed by atoms with Crippen LogP contribution in [0.25, 0.3) is 0 Å². The predicted octanol–water partition coefficient (Wildman–Crippen LogP) is 2.73. The molecule has 28 heavy (non-hydrogen) atoms. The third kappa shape index (κ3) is 2.44. The normalized spacial score (nSPS) is 44.6. The summed E-state index contributed by atoms with van der Waals surface area (Å²) >= 11 is 0. The third-order valence-electron chi connectivity index (χ3n) is 8.20.